The lowest BCUT2D eigenvalue weighted by Crippen LogP contribution is -2.34. The lowest BCUT2D eigenvalue weighted by atomic mass is 9.90. The Morgan fingerprint density at radius 2 is 1.15 bits per heavy atom. The van der Waals surface area contributed by atoms with Gasteiger partial charge in [-0.25, -0.2) is 0 Å². The Balaban J connectivity index is 2.25. The van der Waals surface area contributed by atoms with Gasteiger partial charge in [0.15, 0.2) is 10.2 Å². The van der Waals surface area contributed by atoms with Crippen LogP contribution in [0.3, 0.4) is 0 Å². The summed E-state index contributed by atoms with van der Waals surface area (Å²) in [4.78, 5) is 0. The Bertz CT molecular complexity index is 471. The third-order valence-corrected chi connectivity index (χ3v) is 5.19. The van der Waals surface area contributed by atoms with E-state index in [1.807, 2.05) is 41.5 Å². The van der Waals surface area contributed by atoms with E-state index in [1.165, 1.54) is 0 Å². The summed E-state index contributed by atoms with van der Waals surface area (Å²) in [7, 11) is 0. The third-order valence-electron chi connectivity index (χ3n) is 5.19. The van der Waals surface area contributed by atoms with Crippen molar-refractivity contribution in [3.05, 3.63) is 10.4 Å². The quantitative estimate of drug-likeness (QED) is 0.388. The van der Waals surface area contributed by atoms with Crippen molar-refractivity contribution in [2.75, 3.05) is 0 Å². The molecule has 0 saturated carbocycles. The smallest absolute Gasteiger partial charge is 0.351 e. The minimum atomic E-state index is -0.460. The van der Waals surface area contributed by atoms with Crippen LogP contribution in [0, 0.1) is 22.3 Å². The molecular weight excluding hydrogens is 256 g/mol. The van der Waals surface area contributed by atoms with E-state index < -0.39 is 11.1 Å². The molecule has 0 bridgehead atoms. The van der Waals surface area contributed by atoms with Crippen LogP contribution < -0.4 is 0 Å². The number of nitrogens with zero attached hydrogens (tertiary/aromatic N) is 4. The molecule has 0 saturated heterocycles. The molecule has 0 radical (unpaired) electrons. The highest BCUT2D eigenvalue weighted by Crippen LogP contribution is 2.32. The van der Waals surface area contributed by atoms with Crippen molar-refractivity contribution >= 4 is 11.7 Å². The fourth-order valence-corrected chi connectivity index (χ4v) is 2.56. The monoisotopic (exact) mass is 280 g/mol. The van der Waals surface area contributed by atoms with Crippen molar-refractivity contribution in [2.24, 2.45) is 22.1 Å². The van der Waals surface area contributed by atoms with Crippen LogP contribution in [0.25, 0.3) is 0 Å². The van der Waals surface area contributed by atoms with Crippen LogP contribution in [0.4, 0.5) is 0 Å². The van der Waals surface area contributed by atoms with E-state index in [1.54, 1.807) is 0 Å². The number of azo groups is 1. The van der Waals surface area contributed by atoms with E-state index in [9.17, 15) is 10.4 Å². The van der Waals surface area contributed by atoms with Crippen LogP contribution in [-0.4, -0.2) is 32.2 Å². The normalized spacial score (nSPS) is 32.7. The Morgan fingerprint density at radius 1 is 0.850 bits per heavy atom. The van der Waals surface area contributed by atoms with Gasteiger partial charge >= 0.3 is 11.7 Å². The third kappa shape index (κ3) is 2.11. The second-order valence-electron chi connectivity index (χ2n) is 7.14. The van der Waals surface area contributed by atoms with Gasteiger partial charge in [0.2, 0.25) is 0 Å². The van der Waals surface area contributed by atoms with Gasteiger partial charge in [0.1, 0.15) is 11.1 Å². The predicted octanol–water partition coefficient (Wildman–Crippen LogP) is 2.89. The molecule has 2 unspecified atom stereocenters. The van der Waals surface area contributed by atoms with E-state index in [4.69, 9.17) is 0 Å². The van der Waals surface area contributed by atoms with Crippen molar-refractivity contribution < 1.29 is 9.48 Å². The van der Waals surface area contributed by atoms with Gasteiger partial charge in [0, 0.05) is 11.8 Å². The predicted molar refractivity (Wildman–Crippen MR) is 77.8 cm³/mol. The molecule has 0 aromatic rings. The Kier molecular flexibility index (Phi) is 3.38. The Morgan fingerprint density at radius 3 is 1.35 bits per heavy atom. The molecule has 0 spiro atoms. The van der Waals surface area contributed by atoms with E-state index in [2.05, 4.69) is 10.2 Å². The second kappa shape index (κ2) is 4.53. The van der Waals surface area contributed by atoms with Crippen molar-refractivity contribution in [1.29, 1.82) is 0 Å². The first-order valence-corrected chi connectivity index (χ1v) is 7.16. The zero-order valence-corrected chi connectivity index (χ0v) is 13.2. The lowest BCUT2D eigenvalue weighted by molar-refractivity contribution is -0.540. The SMILES string of the molecule is CC1CC(N=NC2=[N+]([O-])C(C)(C)C(C)C2)=[N+]([O-])C1(C)C. The summed E-state index contributed by atoms with van der Waals surface area (Å²) in [6.07, 6.45) is 1.20. The number of hydroxylamine groups is 2. The van der Waals surface area contributed by atoms with Crippen molar-refractivity contribution in [3.8, 4) is 0 Å². The maximum Gasteiger partial charge on any atom is 0.351 e. The summed E-state index contributed by atoms with van der Waals surface area (Å²) in [5.74, 6) is 1.28. The maximum atomic E-state index is 12.1. The van der Waals surface area contributed by atoms with Gasteiger partial charge in [-0.1, -0.05) is 13.8 Å². The van der Waals surface area contributed by atoms with Gasteiger partial charge in [-0.05, 0) is 27.7 Å². The molecule has 2 aliphatic rings. The molecule has 0 aromatic heterocycles. The van der Waals surface area contributed by atoms with Crippen LogP contribution in [0.2, 0.25) is 0 Å². The van der Waals surface area contributed by atoms with E-state index in [0.29, 0.717) is 24.5 Å². The fraction of sp³-hybridized carbons (Fsp3) is 0.857. The van der Waals surface area contributed by atoms with Gasteiger partial charge < -0.3 is 10.4 Å². The summed E-state index contributed by atoms with van der Waals surface area (Å²) < 4.78 is 1.86. The number of amidine groups is 2. The molecule has 0 N–H and O–H groups in total. The van der Waals surface area contributed by atoms with E-state index in [-0.39, 0.29) is 11.8 Å². The molecule has 20 heavy (non-hydrogen) atoms. The van der Waals surface area contributed by atoms with Gasteiger partial charge in [0.25, 0.3) is 0 Å². The topological polar surface area (TPSA) is 76.9 Å². The summed E-state index contributed by atoms with van der Waals surface area (Å²) in [6, 6.07) is 0. The largest absolute Gasteiger partial charge is 0.715 e. The van der Waals surface area contributed by atoms with Crippen LogP contribution >= 0.6 is 0 Å². The highest BCUT2D eigenvalue weighted by molar-refractivity contribution is 5.84. The molecule has 0 amide bonds. The van der Waals surface area contributed by atoms with Gasteiger partial charge in [0.05, 0.1) is 12.8 Å². The number of hydrogen-bond acceptors (Lipinski definition) is 4. The summed E-state index contributed by atoms with van der Waals surface area (Å²) >= 11 is 0. The number of hydrogen-bond donors (Lipinski definition) is 0. The molecule has 2 atom stereocenters. The average Bonchev–Trinajstić information content (AvgIpc) is 2.67. The van der Waals surface area contributed by atoms with Crippen molar-refractivity contribution in [3.63, 3.8) is 0 Å². The molecule has 0 fully saturated rings. The highest BCUT2D eigenvalue weighted by Gasteiger charge is 2.45. The van der Waals surface area contributed by atoms with Crippen molar-refractivity contribution in [2.45, 2.75) is 65.5 Å². The molecule has 2 heterocycles. The molecule has 0 aliphatic carbocycles. The van der Waals surface area contributed by atoms with Crippen LogP contribution in [0.5, 0.6) is 0 Å². The first kappa shape index (κ1) is 14.9. The Labute approximate surface area is 120 Å². The lowest BCUT2D eigenvalue weighted by Gasteiger charge is -2.27. The highest BCUT2D eigenvalue weighted by atomic mass is 16.5. The molecule has 0 aromatic carbocycles. The summed E-state index contributed by atoms with van der Waals surface area (Å²) in [5, 5.41) is 32.4. The molecule has 2 rings (SSSR count). The molecular formula is C14H24N4O2. The molecule has 2 aliphatic heterocycles. The zero-order chi connectivity index (χ0) is 15.3. The van der Waals surface area contributed by atoms with Crippen LogP contribution in [-0.2, 0) is 0 Å². The van der Waals surface area contributed by atoms with Crippen LogP contribution in [0.1, 0.15) is 54.4 Å². The van der Waals surface area contributed by atoms with Gasteiger partial charge in [-0.15, -0.1) is 0 Å². The number of rotatable bonds is 0. The van der Waals surface area contributed by atoms with Gasteiger partial charge in [-0.3, -0.25) is 9.48 Å². The fourth-order valence-electron chi connectivity index (χ4n) is 2.56. The van der Waals surface area contributed by atoms with E-state index >= 15 is 0 Å². The minimum Gasteiger partial charge on any atom is -0.715 e. The Hall–Kier alpha value is -1.46. The first-order valence-electron chi connectivity index (χ1n) is 7.16. The molecule has 6 nitrogen and oxygen atoms in total. The van der Waals surface area contributed by atoms with Crippen molar-refractivity contribution in [1.82, 2.24) is 0 Å². The van der Waals surface area contributed by atoms with Crippen LogP contribution in [0.15, 0.2) is 10.2 Å². The van der Waals surface area contributed by atoms with Gasteiger partial charge in [-0.2, -0.15) is 0 Å². The second-order valence-corrected chi connectivity index (χ2v) is 7.14. The zero-order valence-electron chi connectivity index (χ0n) is 13.2. The molecule has 112 valence electrons. The summed E-state index contributed by atoms with van der Waals surface area (Å²) in [5.41, 5.74) is -0.920. The summed E-state index contributed by atoms with van der Waals surface area (Å²) in [6.45, 7) is 11.7. The molecule has 6 heteroatoms. The maximum absolute atomic E-state index is 12.1. The minimum absolute atomic E-state index is 0.223. The average molecular weight is 280 g/mol. The van der Waals surface area contributed by atoms with E-state index in [0.717, 1.165) is 9.48 Å². The first-order chi connectivity index (χ1) is 9.08. The standard InChI is InChI=1S/C14H24N4O2/c1-9-7-11(17(19)13(9,3)4)15-16-12-8-10(2)14(5,6)18(12)20/h9-10H,7-8H2,1-6H3.